The lowest BCUT2D eigenvalue weighted by molar-refractivity contribution is 1.65. The molecule has 0 heterocycles. The van der Waals surface area contributed by atoms with Crippen LogP contribution in [0.4, 0.5) is 0 Å². The third-order valence-corrected chi connectivity index (χ3v) is 7.85. The van der Waals surface area contributed by atoms with Gasteiger partial charge in [-0.2, -0.15) is 0 Å². The number of hydrogen-bond acceptors (Lipinski definition) is 0. The van der Waals surface area contributed by atoms with E-state index in [1.54, 1.807) is 0 Å². The van der Waals surface area contributed by atoms with E-state index in [1.807, 2.05) is 0 Å². The summed E-state index contributed by atoms with van der Waals surface area (Å²) in [5.74, 6) is 0. The number of fused-ring (bicyclic) bond motifs is 2. The molecule has 0 amide bonds. The van der Waals surface area contributed by atoms with Crippen LogP contribution in [-0.4, -0.2) is 8.07 Å². The minimum atomic E-state index is -1.40. The van der Waals surface area contributed by atoms with Crippen molar-refractivity contribution in [2.75, 3.05) is 0 Å². The Morgan fingerprint density at radius 1 is 0.800 bits per heavy atom. The van der Waals surface area contributed by atoms with Crippen molar-refractivity contribution in [3.63, 3.8) is 0 Å². The van der Waals surface area contributed by atoms with Crippen LogP contribution in [0.1, 0.15) is 0 Å². The summed E-state index contributed by atoms with van der Waals surface area (Å²) in [6.07, 6.45) is 0. The minimum Gasteiger partial charge on any atom is -0.0656 e. The molecule has 0 saturated heterocycles. The summed E-state index contributed by atoms with van der Waals surface area (Å²) in [6, 6.07) is 15.4. The third kappa shape index (κ3) is 2.36. The summed E-state index contributed by atoms with van der Waals surface area (Å²) >= 11 is 7.63. The maximum atomic E-state index is 3.86. The van der Waals surface area contributed by atoms with Crippen LogP contribution >= 0.6 is 31.9 Å². The topological polar surface area (TPSA) is 0 Å². The first-order valence-corrected chi connectivity index (χ1v) is 11.8. The van der Waals surface area contributed by atoms with E-state index >= 15 is 0 Å². The van der Waals surface area contributed by atoms with Crippen molar-refractivity contribution in [1.29, 1.82) is 0 Å². The first kappa shape index (κ1) is 14.3. The summed E-state index contributed by atoms with van der Waals surface area (Å²) in [5, 5.41) is 6.64. The Labute approximate surface area is 137 Å². The summed E-state index contributed by atoms with van der Waals surface area (Å²) in [4.78, 5) is 0. The van der Waals surface area contributed by atoms with Crippen LogP contribution in [0.2, 0.25) is 19.6 Å². The minimum absolute atomic E-state index is 1.23. The summed E-state index contributed by atoms with van der Waals surface area (Å²) < 4.78 is 2.48. The van der Waals surface area contributed by atoms with Gasteiger partial charge >= 0.3 is 0 Å². The fraction of sp³-hybridized carbons (Fsp3) is 0.176. The van der Waals surface area contributed by atoms with Gasteiger partial charge in [-0.15, -0.1) is 0 Å². The third-order valence-electron chi connectivity index (χ3n) is 3.64. The zero-order valence-corrected chi connectivity index (χ0v) is 16.0. The Bertz CT molecular complexity index is 816. The largest absolute Gasteiger partial charge is 0.0805 e. The highest BCUT2D eigenvalue weighted by Crippen LogP contribution is 2.32. The van der Waals surface area contributed by atoms with E-state index in [1.165, 1.54) is 35.7 Å². The molecule has 0 N–H and O–H groups in total. The molecule has 0 nitrogen and oxygen atoms in total. The molecule has 0 aliphatic carbocycles. The molecule has 0 bridgehead atoms. The van der Waals surface area contributed by atoms with Crippen molar-refractivity contribution in [1.82, 2.24) is 0 Å². The highest BCUT2D eigenvalue weighted by Gasteiger charge is 2.24. The van der Waals surface area contributed by atoms with Gasteiger partial charge in [0.2, 0.25) is 0 Å². The Morgan fingerprint density at radius 2 is 1.40 bits per heavy atom. The van der Waals surface area contributed by atoms with Gasteiger partial charge in [-0.3, -0.25) is 0 Å². The Morgan fingerprint density at radius 3 is 2.00 bits per heavy atom. The molecule has 0 spiro atoms. The van der Waals surface area contributed by atoms with Crippen molar-refractivity contribution in [3.8, 4) is 0 Å². The second-order valence-corrected chi connectivity index (χ2v) is 12.9. The van der Waals surface area contributed by atoms with Gasteiger partial charge in [0.25, 0.3) is 0 Å². The van der Waals surface area contributed by atoms with Crippen LogP contribution in [0.5, 0.6) is 0 Å². The smallest absolute Gasteiger partial charge is 0.0656 e. The number of hydrogen-bond donors (Lipinski definition) is 0. The molecule has 0 atom stereocenters. The molecule has 0 aliphatic heterocycles. The van der Waals surface area contributed by atoms with Crippen LogP contribution in [0.15, 0.2) is 51.4 Å². The summed E-state index contributed by atoms with van der Waals surface area (Å²) in [7, 11) is -1.40. The van der Waals surface area contributed by atoms with Gasteiger partial charge in [-0.1, -0.05) is 75.8 Å². The van der Waals surface area contributed by atoms with Crippen LogP contribution in [-0.2, 0) is 0 Å². The zero-order chi connectivity index (χ0) is 14.5. The molecular weight excluding hydrogens is 392 g/mol. The predicted octanol–water partition coefficient (Wildman–Crippen LogP) is 6.06. The summed E-state index contributed by atoms with van der Waals surface area (Å²) in [5.41, 5.74) is 0. The molecule has 0 radical (unpaired) electrons. The van der Waals surface area contributed by atoms with Crippen molar-refractivity contribution in [2.24, 2.45) is 0 Å². The Kier molecular flexibility index (Phi) is 3.55. The lowest BCUT2D eigenvalue weighted by Gasteiger charge is -2.22. The van der Waals surface area contributed by atoms with E-state index in [-0.39, 0.29) is 0 Å². The maximum Gasteiger partial charge on any atom is 0.0805 e. The quantitative estimate of drug-likeness (QED) is 0.339. The van der Waals surface area contributed by atoms with Gasteiger partial charge in [-0.05, 0) is 44.9 Å². The fourth-order valence-corrected chi connectivity index (χ4v) is 9.12. The molecule has 102 valence electrons. The van der Waals surface area contributed by atoms with E-state index in [9.17, 15) is 0 Å². The van der Waals surface area contributed by atoms with E-state index in [4.69, 9.17) is 0 Å². The van der Waals surface area contributed by atoms with Crippen molar-refractivity contribution >= 4 is 66.7 Å². The standard InChI is InChI=1S/C17H16Br2Si/c1-20(2,3)17-15(18)10-13-8-11-6-4-5-7-12(11)9-14(13)16(17)19/h4-10H,1-3H3. The van der Waals surface area contributed by atoms with Crippen molar-refractivity contribution in [2.45, 2.75) is 19.6 Å². The average Bonchev–Trinajstić information content (AvgIpc) is 2.35. The predicted molar refractivity (Wildman–Crippen MR) is 99.8 cm³/mol. The van der Waals surface area contributed by atoms with Crippen LogP contribution in [0, 0.1) is 0 Å². The van der Waals surface area contributed by atoms with Gasteiger partial charge in [0.15, 0.2) is 0 Å². The lowest BCUT2D eigenvalue weighted by Crippen LogP contribution is -2.39. The SMILES string of the molecule is C[Si](C)(C)c1c(Br)cc2cc3ccccc3cc2c1Br. The zero-order valence-electron chi connectivity index (χ0n) is 11.8. The molecule has 3 aromatic carbocycles. The molecule has 0 aliphatic rings. The van der Waals surface area contributed by atoms with Gasteiger partial charge in [0.1, 0.15) is 0 Å². The van der Waals surface area contributed by atoms with Gasteiger partial charge in [0, 0.05) is 8.95 Å². The molecule has 0 saturated carbocycles. The van der Waals surface area contributed by atoms with Crippen LogP contribution < -0.4 is 5.19 Å². The normalized spacial score (nSPS) is 12.2. The summed E-state index contributed by atoms with van der Waals surface area (Å²) in [6.45, 7) is 7.14. The van der Waals surface area contributed by atoms with Gasteiger partial charge < -0.3 is 0 Å². The van der Waals surface area contributed by atoms with Gasteiger partial charge in [0.05, 0.1) is 8.07 Å². The highest BCUT2D eigenvalue weighted by atomic mass is 79.9. The fourth-order valence-electron chi connectivity index (χ4n) is 2.70. The Balaban J connectivity index is 2.45. The number of rotatable bonds is 1. The average molecular weight is 408 g/mol. The van der Waals surface area contributed by atoms with Crippen LogP contribution in [0.25, 0.3) is 21.5 Å². The molecule has 20 heavy (non-hydrogen) atoms. The van der Waals surface area contributed by atoms with Crippen molar-refractivity contribution in [3.05, 3.63) is 51.4 Å². The number of halogens is 2. The van der Waals surface area contributed by atoms with E-state index in [2.05, 4.69) is 94.0 Å². The molecule has 3 heteroatoms. The first-order chi connectivity index (χ1) is 9.38. The van der Waals surface area contributed by atoms with Crippen LogP contribution in [0.3, 0.4) is 0 Å². The maximum absolute atomic E-state index is 3.86. The first-order valence-electron chi connectivity index (χ1n) is 6.69. The molecule has 0 unspecified atom stereocenters. The molecule has 0 fully saturated rings. The second kappa shape index (κ2) is 4.97. The van der Waals surface area contributed by atoms with E-state index < -0.39 is 8.07 Å². The Hall–Kier alpha value is -0.643. The van der Waals surface area contributed by atoms with E-state index in [0.717, 1.165) is 0 Å². The molecule has 0 aromatic heterocycles. The molecule has 3 rings (SSSR count). The lowest BCUT2D eigenvalue weighted by atomic mass is 10.0. The molecular formula is C17H16Br2Si. The highest BCUT2D eigenvalue weighted by molar-refractivity contribution is 9.11. The molecule has 3 aromatic rings. The second-order valence-electron chi connectivity index (χ2n) is 6.22. The number of benzene rings is 3. The van der Waals surface area contributed by atoms with Gasteiger partial charge in [-0.25, -0.2) is 0 Å². The van der Waals surface area contributed by atoms with E-state index in [0.29, 0.717) is 0 Å². The van der Waals surface area contributed by atoms with Crippen molar-refractivity contribution < 1.29 is 0 Å². The monoisotopic (exact) mass is 406 g/mol.